The molecule has 0 radical (unpaired) electrons. The first-order valence-electron chi connectivity index (χ1n) is 2.92. The molecule has 0 saturated carbocycles. The van der Waals surface area contributed by atoms with Gasteiger partial charge in [0.1, 0.15) is 0 Å². The van der Waals surface area contributed by atoms with Crippen molar-refractivity contribution in [3.05, 3.63) is 0 Å². The molecular formula is Au8O14P4. The van der Waals surface area contributed by atoms with Gasteiger partial charge in [0.15, 0.2) is 0 Å². The summed E-state index contributed by atoms with van der Waals surface area (Å²) in [5.74, 6) is 0. The van der Waals surface area contributed by atoms with Gasteiger partial charge in [0.05, 0.1) is 31.3 Å². The Morgan fingerprint density at radius 3 is 0.423 bits per heavy atom. The van der Waals surface area contributed by atoms with Crippen molar-refractivity contribution in [2.75, 3.05) is 0 Å². The van der Waals surface area contributed by atoms with Crippen LogP contribution in [-0.2, 0) is 206 Å². The van der Waals surface area contributed by atoms with Crippen molar-refractivity contribution in [3.63, 3.8) is 0 Å². The molecule has 0 amide bonds. The van der Waals surface area contributed by atoms with Crippen LogP contribution in [0.2, 0.25) is 0 Å². The number of rotatable bonds is 4. The summed E-state index contributed by atoms with van der Waals surface area (Å²) in [6, 6.07) is 0. The van der Waals surface area contributed by atoms with Crippen LogP contribution in [0.25, 0.3) is 0 Å². The third kappa shape index (κ3) is 77.6. The summed E-state index contributed by atoms with van der Waals surface area (Å²) in [5.41, 5.74) is 0. The summed E-state index contributed by atoms with van der Waals surface area (Å²) in [5, 5.41) is 0. The van der Waals surface area contributed by atoms with Crippen LogP contribution < -0.4 is 39.1 Å². The molecule has 0 aromatic heterocycles. The van der Waals surface area contributed by atoms with Gasteiger partial charge in [0.25, 0.3) is 0 Å². The Balaban J connectivity index is -0.0000000188. The minimum atomic E-state index is -5.68. The fourth-order valence-electron chi connectivity index (χ4n) is 0.245. The average molecular weight is 1920 g/mol. The third-order valence-corrected chi connectivity index (χ3v) is 3.60. The quantitative estimate of drug-likeness (QED) is 0.187. The molecule has 0 heterocycles. The molecule has 26 heteroatoms. The van der Waals surface area contributed by atoms with E-state index in [1.54, 1.807) is 0 Å². The zero-order valence-electron chi connectivity index (χ0n) is 9.92. The van der Waals surface area contributed by atoms with Gasteiger partial charge in [-0.2, -0.15) is 0 Å². The maximum absolute atomic E-state index is 9.32. The van der Waals surface area contributed by atoms with E-state index in [1.165, 1.54) is 0 Å². The van der Waals surface area contributed by atoms with Gasteiger partial charge in [0, 0.05) is 0 Å². The van der Waals surface area contributed by atoms with Crippen LogP contribution in [0.5, 0.6) is 0 Å². The minimum absolute atomic E-state index is 0. The molecule has 0 N–H and O–H groups in total. The molecule has 0 spiro atoms. The molecule has 0 fully saturated rings. The monoisotopic (exact) mass is 1920 g/mol. The summed E-state index contributed by atoms with van der Waals surface area (Å²) in [6.07, 6.45) is 0. The molecule has 0 aromatic rings. The first-order chi connectivity index (χ1) is 7.41. The van der Waals surface area contributed by atoms with E-state index in [0.29, 0.717) is 0 Å². The van der Waals surface area contributed by atoms with Crippen LogP contribution in [0.15, 0.2) is 0 Å². The smallest absolute Gasteiger partial charge is 0.790 e. The van der Waals surface area contributed by atoms with Crippen molar-refractivity contribution in [1.29, 1.82) is 0 Å². The number of hydrogen-bond donors (Lipinski definition) is 0. The number of phosphoric acid groups is 4. The first kappa shape index (κ1) is 63.7. The Labute approximate surface area is 271 Å². The second-order valence-corrected chi connectivity index (χ2v) is 6.84. The Hall–Kier alpha value is 6.44. The second kappa shape index (κ2) is 27.7. The molecule has 0 aromatic carbocycles. The van der Waals surface area contributed by atoms with E-state index >= 15 is 0 Å². The first-order valence-corrected chi connectivity index (χ1v) is 8.76. The molecule has 26 heavy (non-hydrogen) atoms. The van der Waals surface area contributed by atoms with Crippen molar-refractivity contribution in [1.82, 2.24) is 0 Å². The maximum Gasteiger partial charge on any atom is 1.00 e. The van der Waals surface area contributed by atoms with Gasteiger partial charge >= 0.3 is 179 Å². The summed E-state index contributed by atoms with van der Waals surface area (Å²) >= 11 is 0. The summed E-state index contributed by atoms with van der Waals surface area (Å²) in [6.45, 7) is 0. The van der Waals surface area contributed by atoms with Gasteiger partial charge in [-0.15, -0.1) is 0 Å². The van der Waals surface area contributed by atoms with Crippen LogP contribution in [-0.4, -0.2) is 0 Å². The summed E-state index contributed by atoms with van der Waals surface area (Å²) < 4.78 is 42.3. The zero-order chi connectivity index (χ0) is 15.4. The van der Waals surface area contributed by atoms with E-state index in [-0.39, 0.29) is 179 Å². The molecule has 0 rings (SSSR count). The Kier molecular flexibility index (Phi) is 67.8. The van der Waals surface area contributed by atoms with Crippen molar-refractivity contribution < 1.29 is 245 Å². The van der Waals surface area contributed by atoms with Crippen LogP contribution in [0.3, 0.4) is 0 Å². The Bertz CT molecular complexity index is 360. The topological polar surface area (TPSA) is 271 Å². The largest absolute Gasteiger partial charge is 1.00 e. The molecule has 0 atom stereocenters. The third-order valence-electron chi connectivity index (χ3n) is 0.400. The van der Waals surface area contributed by atoms with E-state index in [4.69, 9.17) is 0 Å². The molecule has 0 unspecified atom stereocenters. The van der Waals surface area contributed by atoms with Crippen LogP contribution in [0.4, 0.5) is 0 Å². The molecular weight excluding hydrogens is 1920 g/mol. The molecule has 0 aliphatic carbocycles. The van der Waals surface area contributed by atoms with Crippen LogP contribution in [0, 0.1) is 0 Å². The fourth-order valence-corrected chi connectivity index (χ4v) is 2.20. The Morgan fingerprint density at radius 2 is 0.423 bits per heavy atom. The van der Waals surface area contributed by atoms with E-state index in [2.05, 4.69) is 8.62 Å². The van der Waals surface area contributed by atoms with E-state index in [0.717, 1.165) is 0 Å². The maximum atomic E-state index is 9.32. The molecule has 0 bridgehead atoms. The predicted molar refractivity (Wildman–Crippen MR) is 32.6 cm³/mol. The Morgan fingerprint density at radius 1 is 0.346 bits per heavy atom. The SMILES string of the molecule is O=P([O-])([O-])OP(=O)([O-])[O-].O=P([O-])([O-])OP(=O)([O-])[O-].[Au+].[Au+].[Au+].[Au+].[Au+].[Au+].[Au+].[Au+]. The van der Waals surface area contributed by atoms with Gasteiger partial charge in [-0.1, -0.05) is 0 Å². The summed E-state index contributed by atoms with van der Waals surface area (Å²) in [7, 11) is -22.7. The van der Waals surface area contributed by atoms with Gasteiger partial charge in [0.2, 0.25) is 0 Å². The fraction of sp³-hybridized carbons (Fsp3) is 0. The van der Waals surface area contributed by atoms with Gasteiger partial charge in [-0.25, -0.2) is 0 Å². The summed E-state index contributed by atoms with van der Waals surface area (Å²) in [4.78, 5) is 74.6. The minimum Gasteiger partial charge on any atom is -0.790 e. The van der Waals surface area contributed by atoms with E-state index in [9.17, 15) is 57.4 Å². The van der Waals surface area contributed by atoms with Gasteiger partial charge < -0.3 is 66.0 Å². The normalized spacial score (nSPS) is 9.54. The van der Waals surface area contributed by atoms with E-state index < -0.39 is 31.3 Å². The second-order valence-electron chi connectivity index (χ2n) is 1.95. The van der Waals surface area contributed by atoms with E-state index in [1.807, 2.05) is 0 Å². The van der Waals surface area contributed by atoms with Crippen molar-refractivity contribution in [2.45, 2.75) is 0 Å². The molecule has 0 saturated heterocycles. The zero-order valence-corrected chi connectivity index (χ0v) is 30.8. The average Bonchev–Trinajstić information content (AvgIpc) is 1.64. The van der Waals surface area contributed by atoms with Crippen LogP contribution in [0.1, 0.15) is 0 Å². The van der Waals surface area contributed by atoms with Crippen molar-refractivity contribution in [3.8, 4) is 0 Å². The van der Waals surface area contributed by atoms with Crippen molar-refractivity contribution in [2.24, 2.45) is 0 Å². The van der Waals surface area contributed by atoms with Crippen molar-refractivity contribution >= 4 is 31.3 Å². The molecule has 14 nitrogen and oxygen atoms in total. The predicted octanol–water partition coefficient (Wildman–Crippen LogP) is -6.70. The standard InChI is InChI=1S/8Au.2H4O7P2/c;;;;;;;;2*1-8(2,3)7-9(4,5)6/h;;;;;;;;2*(H2,1,2,3)(H2,4,5,6)/q8*+1;;/p-8. The van der Waals surface area contributed by atoms with Crippen LogP contribution >= 0.6 is 31.3 Å². The van der Waals surface area contributed by atoms with Gasteiger partial charge in [-0.3, -0.25) is 0 Å². The molecule has 192 valence electrons. The molecule has 0 aliphatic rings. The molecule has 0 aliphatic heterocycles. The van der Waals surface area contributed by atoms with Gasteiger partial charge in [-0.05, 0) is 0 Å². The number of hydrogen-bond acceptors (Lipinski definition) is 14.